The summed E-state index contributed by atoms with van der Waals surface area (Å²) >= 11 is 0. The molecule has 0 aliphatic heterocycles. The van der Waals surface area contributed by atoms with E-state index in [1.807, 2.05) is 37.3 Å². The van der Waals surface area contributed by atoms with Gasteiger partial charge in [0.1, 0.15) is 0 Å². The fraction of sp³-hybridized carbons (Fsp3) is 0.556. The number of hydrogen-bond acceptors (Lipinski definition) is 3. The number of fused-ring (bicyclic) bond motifs is 1. The molecule has 0 aromatic heterocycles. The molecule has 4 atom stereocenters. The number of rotatable bonds is 4. The van der Waals surface area contributed by atoms with Crippen LogP contribution in [0.2, 0.25) is 0 Å². The summed E-state index contributed by atoms with van der Waals surface area (Å²) in [5, 5.41) is 0. The third-order valence-corrected chi connectivity index (χ3v) is 5.12. The van der Waals surface area contributed by atoms with Gasteiger partial charge in [0.05, 0.1) is 12.5 Å². The zero-order chi connectivity index (χ0) is 14.8. The Labute approximate surface area is 125 Å². The minimum atomic E-state index is -0.231. The molecule has 2 saturated carbocycles. The Morgan fingerprint density at radius 1 is 1.19 bits per heavy atom. The molecule has 0 unspecified atom stereocenters. The fourth-order valence-electron chi connectivity index (χ4n) is 4.27. The van der Waals surface area contributed by atoms with E-state index in [4.69, 9.17) is 4.74 Å². The number of carbonyl (C=O) groups is 2. The molecule has 0 N–H and O–H groups in total. The highest BCUT2D eigenvalue weighted by atomic mass is 16.5. The van der Waals surface area contributed by atoms with Crippen LogP contribution in [0.25, 0.3) is 0 Å². The zero-order valence-corrected chi connectivity index (χ0v) is 12.5. The van der Waals surface area contributed by atoms with E-state index in [-0.39, 0.29) is 23.6 Å². The summed E-state index contributed by atoms with van der Waals surface area (Å²) in [5.41, 5.74) is 0.719. The number of ether oxygens (including phenoxy) is 1. The molecule has 112 valence electrons. The molecule has 0 radical (unpaired) electrons. The van der Waals surface area contributed by atoms with E-state index in [1.165, 1.54) is 6.42 Å². The summed E-state index contributed by atoms with van der Waals surface area (Å²) in [4.78, 5) is 25.1. The van der Waals surface area contributed by atoms with E-state index < -0.39 is 0 Å². The summed E-state index contributed by atoms with van der Waals surface area (Å²) in [6.07, 6.45) is 4.24. The zero-order valence-electron chi connectivity index (χ0n) is 12.5. The van der Waals surface area contributed by atoms with Crippen LogP contribution in [0.1, 0.15) is 43.0 Å². The molecule has 0 spiro atoms. The van der Waals surface area contributed by atoms with Gasteiger partial charge in [-0.2, -0.15) is 0 Å². The Hall–Kier alpha value is -1.64. The van der Waals surface area contributed by atoms with Gasteiger partial charge >= 0.3 is 5.97 Å². The lowest BCUT2D eigenvalue weighted by Gasteiger charge is -2.21. The second kappa shape index (κ2) is 6.00. The van der Waals surface area contributed by atoms with Crippen LogP contribution in [-0.2, 0) is 9.53 Å². The fourth-order valence-corrected chi connectivity index (χ4v) is 4.27. The average molecular weight is 286 g/mol. The van der Waals surface area contributed by atoms with Crippen LogP contribution < -0.4 is 0 Å². The van der Waals surface area contributed by atoms with Crippen molar-refractivity contribution < 1.29 is 14.3 Å². The maximum Gasteiger partial charge on any atom is 0.309 e. The number of esters is 1. The van der Waals surface area contributed by atoms with Crippen LogP contribution in [-0.4, -0.2) is 18.4 Å². The monoisotopic (exact) mass is 286 g/mol. The SMILES string of the molecule is CCOC(=O)[C@@H]1[C@@H]2CCC[C@@H]2C[C@H]1C(=O)c1ccccc1. The van der Waals surface area contributed by atoms with Crippen LogP contribution >= 0.6 is 0 Å². The highest BCUT2D eigenvalue weighted by molar-refractivity contribution is 6.00. The van der Waals surface area contributed by atoms with Crippen molar-refractivity contribution >= 4 is 11.8 Å². The van der Waals surface area contributed by atoms with Gasteiger partial charge in [0, 0.05) is 11.5 Å². The predicted molar refractivity (Wildman–Crippen MR) is 79.8 cm³/mol. The largest absolute Gasteiger partial charge is 0.466 e. The molecule has 0 saturated heterocycles. The minimum absolute atomic E-state index is 0.114. The highest BCUT2D eigenvalue weighted by Gasteiger charge is 2.51. The van der Waals surface area contributed by atoms with Gasteiger partial charge in [0.25, 0.3) is 0 Å². The molecule has 0 bridgehead atoms. The first-order valence-electron chi connectivity index (χ1n) is 7.98. The summed E-state index contributed by atoms with van der Waals surface area (Å²) in [7, 11) is 0. The van der Waals surface area contributed by atoms with Gasteiger partial charge in [-0.3, -0.25) is 9.59 Å². The van der Waals surface area contributed by atoms with Gasteiger partial charge in [-0.1, -0.05) is 43.2 Å². The van der Waals surface area contributed by atoms with Crippen LogP contribution in [0, 0.1) is 23.7 Å². The standard InChI is InChI=1S/C18H22O3/c1-2-21-18(20)16-14-10-6-9-13(14)11-15(16)17(19)12-7-4-3-5-8-12/h3-5,7-8,13-16H,2,6,9-11H2,1H3/t13-,14-,15-,16-/m1/s1. The molecule has 0 heterocycles. The van der Waals surface area contributed by atoms with Gasteiger partial charge in [-0.25, -0.2) is 0 Å². The van der Waals surface area contributed by atoms with E-state index >= 15 is 0 Å². The third-order valence-electron chi connectivity index (χ3n) is 5.12. The molecule has 1 aromatic carbocycles. The molecule has 1 aromatic rings. The first-order valence-corrected chi connectivity index (χ1v) is 7.98. The van der Waals surface area contributed by atoms with Gasteiger partial charge in [-0.15, -0.1) is 0 Å². The van der Waals surface area contributed by atoms with E-state index in [2.05, 4.69) is 0 Å². The topological polar surface area (TPSA) is 43.4 Å². The Kier molecular flexibility index (Phi) is 4.09. The van der Waals surface area contributed by atoms with Crippen LogP contribution in [0.4, 0.5) is 0 Å². The Morgan fingerprint density at radius 2 is 1.95 bits per heavy atom. The van der Waals surface area contributed by atoms with Crippen molar-refractivity contribution in [3.63, 3.8) is 0 Å². The van der Waals surface area contributed by atoms with Gasteiger partial charge < -0.3 is 4.74 Å². The molecule has 3 heteroatoms. The molecule has 2 fully saturated rings. The lowest BCUT2D eigenvalue weighted by molar-refractivity contribution is -0.150. The maximum atomic E-state index is 12.8. The number of hydrogen-bond donors (Lipinski definition) is 0. The maximum absolute atomic E-state index is 12.8. The van der Waals surface area contributed by atoms with Gasteiger partial charge in [0.15, 0.2) is 5.78 Å². The van der Waals surface area contributed by atoms with Crippen molar-refractivity contribution in [1.29, 1.82) is 0 Å². The van der Waals surface area contributed by atoms with Crippen molar-refractivity contribution in [2.24, 2.45) is 23.7 Å². The minimum Gasteiger partial charge on any atom is -0.466 e. The molecular weight excluding hydrogens is 264 g/mol. The lowest BCUT2D eigenvalue weighted by atomic mass is 9.83. The summed E-state index contributed by atoms with van der Waals surface area (Å²) in [5.74, 6) is 0.398. The summed E-state index contributed by atoms with van der Waals surface area (Å²) in [6.45, 7) is 2.21. The first-order chi connectivity index (χ1) is 10.2. The van der Waals surface area contributed by atoms with Crippen molar-refractivity contribution in [1.82, 2.24) is 0 Å². The smallest absolute Gasteiger partial charge is 0.309 e. The number of ketones is 1. The van der Waals surface area contributed by atoms with Crippen molar-refractivity contribution in [2.45, 2.75) is 32.6 Å². The Balaban J connectivity index is 1.86. The summed E-state index contributed by atoms with van der Waals surface area (Å²) in [6, 6.07) is 9.35. The Bertz CT molecular complexity index is 523. The molecule has 2 aliphatic rings. The van der Waals surface area contributed by atoms with Crippen LogP contribution in [0.15, 0.2) is 30.3 Å². The number of Topliss-reactive ketones (excluding diaryl/α,β-unsaturated/α-hetero) is 1. The second-order valence-electron chi connectivity index (χ2n) is 6.21. The Morgan fingerprint density at radius 3 is 2.67 bits per heavy atom. The summed E-state index contributed by atoms with van der Waals surface area (Å²) < 4.78 is 5.26. The first kappa shape index (κ1) is 14.3. The normalized spacial score (nSPS) is 30.9. The van der Waals surface area contributed by atoms with Gasteiger partial charge in [0.2, 0.25) is 0 Å². The van der Waals surface area contributed by atoms with Crippen molar-refractivity contribution in [2.75, 3.05) is 6.61 Å². The van der Waals surface area contributed by atoms with E-state index in [0.29, 0.717) is 18.4 Å². The van der Waals surface area contributed by atoms with Crippen LogP contribution in [0.5, 0.6) is 0 Å². The molecular formula is C18H22O3. The van der Waals surface area contributed by atoms with E-state index in [9.17, 15) is 9.59 Å². The predicted octanol–water partition coefficient (Wildman–Crippen LogP) is 3.48. The van der Waals surface area contributed by atoms with E-state index in [1.54, 1.807) is 0 Å². The van der Waals surface area contributed by atoms with E-state index in [0.717, 1.165) is 24.8 Å². The van der Waals surface area contributed by atoms with Crippen molar-refractivity contribution in [3.8, 4) is 0 Å². The van der Waals surface area contributed by atoms with Gasteiger partial charge in [-0.05, 0) is 31.6 Å². The molecule has 0 amide bonds. The molecule has 21 heavy (non-hydrogen) atoms. The number of carbonyl (C=O) groups excluding carboxylic acids is 2. The van der Waals surface area contributed by atoms with Crippen LogP contribution in [0.3, 0.4) is 0 Å². The second-order valence-corrected chi connectivity index (χ2v) is 6.21. The molecule has 3 rings (SSSR count). The third kappa shape index (κ3) is 2.61. The lowest BCUT2D eigenvalue weighted by Crippen LogP contribution is -2.31. The number of benzene rings is 1. The highest BCUT2D eigenvalue weighted by Crippen LogP contribution is 2.51. The van der Waals surface area contributed by atoms with Crippen molar-refractivity contribution in [3.05, 3.63) is 35.9 Å². The molecule has 3 nitrogen and oxygen atoms in total. The average Bonchev–Trinajstić information content (AvgIpc) is 3.07. The molecule has 2 aliphatic carbocycles. The quantitative estimate of drug-likeness (QED) is 0.628.